The van der Waals surface area contributed by atoms with Gasteiger partial charge in [0.15, 0.2) is 0 Å². The number of carboxylic acids is 1. The van der Waals surface area contributed by atoms with Gasteiger partial charge in [-0.25, -0.2) is 0 Å². The lowest BCUT2D eigenvalue weighted by Crippen LogP contribution is -2.41. The molecule has 1 saturated carbocycles. The van der Waals surface area contributed by atoms with Crippen LogP contribution in [-0.2, 0) is 19.1 Å². The van der Waals surface area contributed by atoms with E-state index >= 15 is 0 Å². The molecule has 1 aromatic rings. The third-order valence-electron chi connectivity index (χ3n) is 4.68. The maximum absolute atomic E-state index is 12.7. The van der Waals surface area contributed by atoms with Crippen LogP contribution >= 0.6 is 23.2 Å². The third kappa shape index (κ3) is 5.11. The van der Waals surface area contributed by atoms with Gasteiger partial charge in [-0.3, -0.25) is 14.4 Å². The van der Waals surface area contributed by atoms with Gasteiger partial charge < -0.3 is 15.2 Å². The number of methoxy groups -OCH3 is 1. The van der Waals surface area contributed by atoms with E-state index in [1.807, 2.05) is 0 Å². The molecule has 1 fully saturated rings. The van der Waals surface area contributed by atoms with Crippen LogP contribution in [-0.4, -0.2) is 30.1 Å². The van der Waals surface area contributed by atoms with Gasteiger partial charge in [0.1, 0.15) is 0 Å². The number of carbonyl (C=O) groups is 3. The number of halogens is 2. The summed E-state index contributed by atoms with van der Waals surface area (Å²) in [6.07, 6.45) is 2.48. The standard InChI is InChI=1S/C18H21Cl2NO5/c1-26-16(22)9-15(10-6-7-13(19)14(20)8-10)21-17(23)11-4-2-3-5-12(11)18(24)25/h6-8,11-12,15H,2-5,9H2,1H3,(H,21,23)(H,24,25)/t11-,12+,15-/m0/s1. The van der Waals surface area contributed by atoms with Gasteiger partial charge in [-0.1, -0.05) is 42.1 Å². The molecule has 1 amide bonds. The molecule has 6 nitrogen and oxygen atoms in total. The van der Waals surface area contributed by atoms with Crippen LogP contribution in [0.3, 0.4) is 0 Å². The quantitative estimate of drug-likeness (QED) is 0.710. The molecule has 0 spiro atoms. The Morgan fingerprint density at radius 1 is 1.19 bits per heavy atom. The first-order valence-electron chi connectivity index (χ1n) is 8.38. The smallest absolute Gasteiger partial charge is 0.307 e. The molecule has 1 aromatic carbocycles. The minimum Gasteiger partial charge on any atom is -0.481 e. The van der Waals surface area contributed by atoms with Gasteiger partial charge in [0, 0.05) is 0 Å². The van der Waals surface area contributed by atoms with Gasteiger partial charge in [-0.2, -0.15) is 0 Å². The summed E-state index contributed by atoms with van der Waals surface area (Å²) in [7, 11) is 1.26. The second-order valence-electron chi connectivity index (χ2n) is 6.35. The summed E-state index contributed by atoms with van der Waals surface area (Å²) >= 11 is 12.0. The van der Waals surface area contributed by atoms with E-state index in [-0.39, 0.29) is 12.3 Å². The Balaban J connectivity index is 2.22. The van der Waals surface area contributed by atoms with Crippen LogP contribution in [0.4, 0.5) is 0 Å². The highest BCUT2D eigenvalue weighted by molar-refractivity contribution is 6.42. The van der Waals surface area contributed by atoms with Crippen molar-refractivity contribution in [1.29, 1.82) is 0 Å². The normalized spacial score (nSPS) is 20.9. The number of benzene rings is 1. The van der Waals surface area contributed by atoms with Crippen molar-refractivity contribution in [2.24, 2.45) is 11.8 Å². The van der Waals surface area contributed by atoms with E-state index in [0.717, 1.165) is 12.8 Å². The molecular formula is C18H21Cl2NO5. The monoisotopic (exact) mass is 401 g/mol. The Morgan fingerprint density at radius 3 is 2.42 bits per heavy atom. The highest BCUT2D eigenvalue weighted by Crippen LogP contribution is 2.32. The van der Waals surface area contributed by atoms with Crippen LogP contribution in [0.5, 0.6) is 0 Å². The second kappa shape index (κ2) is 9.24. The number of amides is 1. The first-order chi connectivity index (χ1) is 12.3. The first kappa shape index (κ1) is 20.5. The molecule has 0 unspecified atom stereocenters. The fraction of sp³-hybridized carbons (Fsp3) is 0.500. The average molecular weight is 402 g/mol. The molecule has 0 aromatic heterocycles. The predicted molar refractivity (Wildman–Crippen MR) is 97.1 cm³/mol. The van der Waals surface area contributed by atoms with Crippen molar-refractivity contribution in [2.75, 3.05) is 7.11 Å². The fourth-order valence-corrected chi connectivity index (χ4v) is 3.56. The Morgan fingerprint density at radius 2 is 1.85 bits per heavy atom. The number of esters is 1. The molecule has 0 bridgehead atoms. The lowest BCUT2D eigenvalue weighted by molar-refractivity contribution is -0.149. The molecule has 26 heavy (non-hydrogen) atoms. The molecule has 2 N–H and O–H groups in total. The zero-order chi connectivity index (χ0) is 19.3. The van der Waals surface area contributed by atoms with Crippen LogP contribution in [0.2, 0.25) is 10.0 Å². The van der Waals surface area contributed by atoms with Crippen molar-refractivity contribution >= 4 is 41.0 Å². The van der Waals surface area contributed by atoms with Gasteiger partial charge in [0.25, 0.3) is 0 Å². The average Bonchev–Trinajstić information content (AvgIpc) is 2.63. The molecule has 8 heteroatoms. The van der Waals surface area contributed by atoms with Gasteiger partial charge in [-0.15, -0.1) is 0 Å². The first-order valence-corrected chi connectivity index (χ1v) is 9.14. The molecule has 3 atom stereocenters. The van der Waals surface area contributed by atoms with E-state index in [2.05, 4.69) is 5.32 Å². The van der Waals surface area contributed by atoms with E-state index in [1.54, 1.807) is 18.2 Å². The molecule has 2 rings (SSSR count). The van der Waals surface area contributed by atoms with Crippen molar-refractivity contribution in [3.05, 3.63) is 33.8 Å². The zero-order valence-electron chi connectivity index (χ0n) is 14.3. The fourth-order valence-electron chi connectivity index (χ4n) is 3.25. The summed E-state index contributed by atoms with van der Waals surface area (Å²) in [6, 6.07) is 4.14. The largest absolute Gasteiger partial charge is 0.481 e. The number of hydrogen-bond acceptors (Lipinski definition) is 4. The minimum absolute atomic E-state index is 0.0926. The summed E-state index contributed by atoms with van der Waals surface area (Å²) in [5, 5.41) is 12.8. The van der Waals surface area contributed by atoms with Crippen molar-refractivity contribution in [3.8, 4) is 0 Å². The molecule has 0 aliphatic heterocycles. The van der Waals surface area contributed by atoms with E-state index in [1.165, 1.54) is 7.11 Å². The van der Waals surface area contributed by atoms with Crippen LogP contribution < -0.4 is 5.32 Å². The molecule has 0 heterocycles. The highest BCUT2D eigenvalue weighted by Gasteiger charge is 2.36. The molecule has 0 saturated heterocycles. The number of rotatable bonds is 6. The SMILES string of the molecule is COC(=O)C[C@H](NC(=O)[C@H]1CCCC[C@H]1C(=O)O)c1ccc(Cl)c(Cl)c1. The summed E-state index contributed by atoms with van der Waals surface area (Å²) in [5.74, 6) is -3.18. The topological polar surface area (TPSA) is 92.7 Å². The van der Waals surface area contributed by atoms with E-state index < -0.39 is 29.8 Å². The van der Waals surface area contributed by atoms with Gasteiger partial charge in [-0.05, 0) is 30.5 Å². The van der Waals surface area contributed by atoms with Crippen molar-refractivity contribution in [2.45, 2.75) is 38.1 Å². The Bertz CT molecular complexity index is 694. The van der Waals surface area contributed by atoms with E-state index in [0.29, 0.717) is 28.5 Å². The number of carboxylic acid groups (broad SMARTS) is 1. The highest BCUT2D eigenvalue weighted by atomic mass is 35.5. The number of hydrogen-bond donors (Lipinski definition) is 2. The summed E-state index contributed by atoms with van der Waals surface area (Å²) < 4.78 is 4.70. The van der Waals surface area contributed by atoms with Crippen LogP contribution in [0, 0.1) is 11.8 Å². The van der Waals surface area contributed by atoms with Gasteiger partial charge in [0.2, 0.25) is 5.91 Å². The lowest BCUT2D eigenvalue weighted by Gasteiger charge is -2.29. The Labute approximate surface area is 161 Å². The lowest BCUT2D eigenvalue weighted by atomic mass is 9.78. The van der Waals surface area contributed by atoms with Crippen LogP contribution in [0.25, 0.3) is 0 Å². The minimum atomic E-state index is -0.969. The van der Waals surface area contributed by atoms with Crippen LogP contribution in [0.15, 0.2) is 18.2 Å². The summed E-state index contributed by atoms with van der Waals surface area (Å²) in [5.41, 5.74) is 0.598. The number of nitrogens with one attached hydrogen (secondary N) is 1. The molecule has 1 aliphatic carbocycles. The zero-order valence-corrected chi connectivity index (χ0v) is 15.8. The summed E-state index contributed by atoms with van der Waals surface area (Å²) in [4.78, 5) is 35.9. The van der Waals surface area contributed by atoms with Crippen molar-refractivity contribution in [1.82, 2.24) is 5.32 Å². The molecule has 0 radical (unpaired) electrons. The van der Waals surface area contributed by atoms with Crippen LogP contribution in [0.1, 0.15) is 43.7 Å². The third-order valence-corrected chi connectivity index (χ3v) is 5.42. The second-order valence-corrected chi connectivity index (χ2v) is 7.17. The van der Waals surface area contributed by atoms with E-state index in [4.69, 9.17) is 27.9 Å². The number of aliphatic carboxylic acids is 1. The maximum atomic E-state index is 12.7. The maximum Gasteiger partial charge on any atom is 0.307 e. The van der Waals surface area contributed by atoms with Gasteiger partial charge in [0.05, 0.1) is 41.5 Å². The molecule has 142 valence electrons. The van der Waals surface area contributed by atoms with Crippen molar-refractivity contribution in [3.63, 3.8) is 0 Å². The molecular weight excluding hydrogens is 381 g/mol. The Kier molecular flexibility index (Phi) is 7.29. The number of ether oxygens (including phenoxy) is 1. The Hall–Kier alpha value is -1.79. The summed E-state index contributed by atoms with van der Waals surface area (Å²) in [6.45, 7) is 0. The number of carbonyl (C=O) groups excluding carboxylic acids is 2. The van der Waals surface area contributed by atoms with E-state index in [9.17, 15) is 19.5 Å². The predicted octanol–water partition coefficient (Wildman–Crippen LogP) is 3.60. The van der Waals surface area contributed by atoms with Crippen molar-refractivity contribution < 1.29 is 24.2 Å². The van der Waals surface area contributed by atoms with Gasteiger partial charge >= 0.3 is 11.9 Å². The molecule has 1 aliphatic rings.